The Labute approximate surface area is 157 Å². The Hall–Kier alpha value is -3.22. The summed E-state index contributed by atoms with van der Waals surface area (Å²) in [5, 5.41) is 10.6. The van der Waals surface area contributed by atoms with Crippen LogP contribution in [0.15, 0.2) is 48.9 Å². The lowest BCUT2D eigenvalue weighted by Gasteiger charge is -2.26. The van der Waals surface area contributed by atoms with Crippen molar-refractivity contribution in [3.05, 3.63) is 65.6 Å². The van der Waals surface area contributed by atoms with E-state index in [1.54, 1.807) is 29.1 Å². The van der Waals surface area contributed by atoms with Crippen LogP contribution in [0.3, 0.4) is 0 Å². The van der Waals surface area contributed by atoms with Crippen LogP contribution in [0.1, 0.15) is 45.5 Å². The molecule has 27 heavy (non-hydrogen) atoms. The molecular formula is C20H21N5O2. The first-order chi connectivity index (χ1) is 13.2. The van der Waals surface area contributed by atoms with Crippen LogP contribution in [-0.4, -0.2) is 44.4 Å². The van der Waals surface area contributed by atoms with Crippen molar-refractivity contribution in [2.24, 2.45) is 0 Å². The van der Waals surface area contributed by atoms with Gasteiger partial charge in [-0.2, -0.15) is 0 Å². The van der Waals surface area contributed by atoms with E-state index in [0.717, 1.165) is 31.5 Å². The second kappa shape index (κ2) is 7.57. The molecule has 4 rings (SSSR count). The molecule has 2 aromatic heterocycles. The van der Waals surface area contributed by atoms with Crippen molar-refractivity contribution in [1.82, 2.24) is 24.8 Å². The van der Waals surface area contributed by atoms with Crippen LogP contribution in [0, 0.1) is 0 Å². The van der Waals surface area contributed by atoms with E-state index in [-0.39, 0.29) is 11.8 Å². The molecular weight excluding hydrogens is 342 g/mol. The van der Waals surface area contributed by atoms with Gasteiger partial charge in [-0.1, -0.05) is 12.1 Å². The molecule has 0 atom stereocenters. The molecule has 1 fully saturated rings. The van der Waals surface area contributed by atoms with Gasteiger partial charge in [0.15, 0.2) is 5.65 Å². The van der Waals surface area contributed by atoms with Crippen molar-refractivity contribution in [3.63, 3.8) is 0 Å². The molecule has 2 amide bonds. The third-order valence-corrected chi connectivity index (χ3v) is 4.85. The van der Waals surface area contributed by atoms with Crippen LogP contribution in [0.4, 0.5) is 0 Å². The lowest BCUT2D eigenvalue weighted by atomic mass is 10.1. The minimum absolute atomic E-state index is 0.0903. The highest BCUT2D eigenvalue weighted by Crippen LogP contribution is 2.14. The number of hydrogen-bond donors (Lipinski definition) is 1. The summed E-state index contributed by atoms with van der Waals surface area (Å²) in [6.45, 7) is 2.08. The van der Waals surface area contributed by atoms with Crippen LogP contribution >= 0.6 is 0 Å². The van der Waals surface area contributed by atoms with Gasteiger partial charge in [0.05, 0.1) is 5.56 Å². The zero-order valence-corrected chi connectivity index (χ0v) is 15.0. The number of fused-ring (bicyclic) bond motifs is 1. The molecule has 0 saturated carbocycles. The monoisotopic (exact) mass is 363 g/mol. The van der Waals surface area contributed by atoms with Crippen molar-refractivity contribution < 1.29 is 9.59 Å². The van der Waals surface area contributed by atoms with Gasteiger partial charge in [0.2, 0.25) is 0 Å². The third-order valence-electron chi connectivity index (χ3n) is 4.85. The Kier molecular flexibility index (Phi) is 4.82. The van der Waals surface area contributed by atoms with Crippen LogP contribution in [0.5, 0.6) is 0 Å². The zero-order chi connectivity index (χ0) is 18.6. The van der Waals surface area contributed by atoms with Crippen molar-refractivity contribution in [2.75, 3.05) is 13.1 Å². The number of carbonyl (C=O) groups is 2. The maximum absolute atomic E-state index is 12.5. The molecule has 0 spiro atoms. The molecule has 138 valence electrons. The number of likely N-dealkylation sites (tertiary alicyclic amines) is 1. The number of rotatable bonds is 4. The molecule has 3 heterocycles. The lowest BCUT2D eigenvalue weighted by molar-refractivity contribution is 0.0724. The standard InChI is InChI=1S/C20H21N5O2/c26-19(17-8-9-18-23-22-14-25(18)13-17)21-12-15-4-6-16(7-5-15)20(27)24-10-2-1-3-11-24/h4-9,13-14H,1-3,10-12H2,(H,21,26). The van der Waals surface area contributed by atoms with E-state index in [0.29, 0.717) is 23.3 Å². The summed E-state index contributed by atoms with van der Waals surface area (Å²) >= 11 is 0. The van der Waals surface area contributed by atoms with E-state index in [1.807, 2.05) is 29.2 Å². The lowest BCUT2D eigenvalue weighted by Crippen LogP contribution is -2.35. The van der Waals surface area contributed by atoms with Gasteiger partial charge in [0.1, 0.15) is 6.33 Å². The van der Waals surface area contributed by atoms with Gasteiger partial charge in [0.25, 0.3) is 11.8 Å². The quantitative estimate of drug-likeness (QED) is 0.771. The first kappa shape index (κ1) is 17.2. The largest absolute Gasteiger partial charge is 0.348 e. The maximum Gasteiger partial charge on any atom is 0.253 e. The normalized spacial score (nSPS) is 14.3. The van der Waals surface area contributed by atoms with Gasteiger partial charge < -0.3 is 10.2 Å². The summed E-state index contributed by atoms with van der Waals surface area (Å²) in [6, 6.07) is 10.9. The molecule has 3 aromatic rings. The highest BCUT2D eigenvalue weighted by atomic mass is 16.2. The SMILES string of the molecule is O=C(NCc1ccc(C(=O)N2CCCCC2)cc1)c1ccc2nncn2c1. The molecule has 7 nitrogen and oxygen atoms in total. The van der Waals surface area contributed by atoms with E-state index >= 15 is 0 Å². The number of nitrogens with one attached hydrogen (secondary N) is 1. The number of hydrogen-bond acceptors (Lipinski definition) is 4. The number of amides is 2. The van der Waals surface area contributed by atoms with Gasteiger partial charge >= 0.3 is 0 Å². The van der Waals surface area contributed by atoms with Gasteiger partial charge in [-0.3, -0.25) is 14.0 Å². The average Bonchev–Trinajstić information content (AvgIpc) is 3.20. The fourth-order valence-corrected chi connectivity index (χ4v) is 3.29. The molecule has 0 unspecified atom stereocenters. The number of carbonyl (C=O) groups excluding carboxylic acids is 2. The Balaban J connectivity index is 1.36. The van der Waals surface area contributed by atoms with Crippen LogP contribution < -0.4 is 5.32 Å². The first-order valence-corrected chi connectivity index (χ1v) is 9.16. The Morgan fingerprint density at radius 2 is 1.70 bits per heavy atom. The topological polar surface area (TPSA) is 79.6 Å². The minimum atomic E-state index is -0.168. The summed E-state index contributed by atoms with van der Waals surface area (Å²) in [6.07, 6.45) is 6.62. The first-order valence-electron chi connectivity index (χ1n) is 9.16. The molecule has 1 aliphatic heterocycles. The number of nitrogens with zero attached hydrogens (tertiary/aromatic N) is 4. The van der Waals surface area contributed by atoms with E-state index in [1.165, 1.54) is 6.42 Å². The Morgan fingerprint density at radius 1 is 0.963 bits per heavy atom. The van der Waals surface area contributed by atoms with E-state index in [4.69, 9.17) is 0 Å². The molecule has 1 saturated heterocycles. The molecule has 7 heteroatoms. The summed E-state index contributed by atoms with van der Waals surface area (Å²) in [5.74, 6) is -0.0772. The fraction of sp³-hybridized carbons (Fsp3) is 0.300. The van der Waals surface area contributed by atoms with Crippen LogP contribution in [0.2, 0.25) is 0 Å². The van der Waals surface area contributed by atoms with E-state index in [9.17, 15) is 9.59 Å². The second-order valence-corrected chi connectivity index (χ2v) is 6.75. The van der Waals surface area contributed by atoms with Gasteiger partial charge in [-0.15, -0.1) is 10.2 Å². The summed E-state index contributed by atoms with van der Waals surface area (Å²) in [7, 11) is 0. The number of benzene rings is 1. The molecule has 0 aliphatic carbocycles. The zero-order valence-electron chi connectivity index (χ0n) is 15.0. The molecule has 0 bridgehead atoms. The number of aromatic nitrogens is 3. The highest BCUT2D eigenvalue weighted by Gasteiger charge is 2.17. The number of pyridine rings is 1. The summed E-state index contributed by atoms with van der Waals surface area (Å²) in [5.41, 5.74) is 2.88. The fourth-order valence-electron chi connectivity index (χ4n) is 3.29. The van der Waals surface area contributed by atoms with Crippen molar-refractivity contribution >= 4 is 17.5 Å². The predicted molar refractivity (Wildman–Crippen MR) is 100 cm³/mol. The molecule has 0 radical (unpaired) electrons. The Bertz CT molecular complexity index is 958. The molecule has 1 N–H and O–H groups in total. The van der Waals surface area contributed by atoms with E-state index < -0.39 is 0 Å². The molecule has 1 aliphatic rings. The summed E-state index contributed by atoms with van der Waals surface area (Å²) in [4.78, 5) is 26.7. The maximum atomic E-state index is 12.5. The van der Waals surface area contributed by atoms with Crippen LogP contribution in [0.25, 0.3) is 5.65 Å². The molecule has 1 aromatic carbocycles. The van der Waals surface area contributed by atoms with Crippen molar-refractivity contribution in [1.29, 1.82) is 0 Å². The minimum Gasteiger partial charge on any atom is -0.348 e. The highest BCUT2D eigenvalue weighted by molar-refractivity contribution is 5.95. The average molecular weight is 363 g/mol. The van der Waals surface area contributed by atoms with Crippen molar-refractivity contribution in [2.45, 2.75) is 25.8 Å². The smallest absolute Gasteiger partial charge is 0.253 e. The van der Waals surface area contributed by atoms with Gasteiger partial charge in [-0.25, -0.2) is 0 Å². The predicted octanol–water partition coefficient (Wildman–Crippen LogP) is 2.29. The third kappa shape index (κ3) is 3.81. The van der Waals surface area contributed by atoms with Gasteiger partial charge in [-0.05, 0) is 49.1 Å². The van der Waals surface area contributed by atoms with Gasteiger partial charge in [0, 0.05) is 31.4 Å². The van der Waals surface area contributed by atoms with Crippen molar-refractivity contribution in [3.8, 4) is 0 Å². The summed E-state index contributed by atoms with van der Waals surface area (Å²) < 4.78 is 1.70. The Morgan fingerprint density at radius 3 is 2.48 bits per heavy atom. The number of piperidine rings is 1. The van der Waals surface area contributed by atoms with Crippen LogP contribution in [-0.2, 0) is 6.54 Å². The van der Waals surface area contributed by atoms with E-state index in [2.05, 4.69) is 15.5 Å². The second-order valence-electron chi connectivity index (χ2n) is 6.75.